The second kappa shape index (κ2) is 6.66. The van der Waals surface area contributed by atoms with Crippen molar-refractivity contribution in [2.45, 2.75) is 39.4 Å². The lowest BCUT2D eigenvalue weighted by molar-refractivity contribution is 0.239. The summed E-state index contributed by atoms with van der Waals surface area (Å²) in [6, 6.07) is 11.7. The topological polar surface area (TPSA) is 15.3 Å². The molecule has 1 rings (SSSR count). The van der Waals surface area contributed by atoms with Crippen LogP contribution in [0.5, 0.6) is 0 Å². The van der Waals surface area contributed by atoms with Gasteiger partial charge in [-0.1, -0.05) is 44.2 Å². The molecule has 0 aromatic heterocycles. The average molecular weight is 220 g/mol. The standard InChI is InChI=1S/C14H24N2/c1-12(2)15-10-13(3)16(4)11-14-8-6-5-7-9-14/h5-9,12-13,15H,10-11H2,1-4H3. The molecule has 1 atom stereocenters. The van der Waals surface area contributed by atoms with E-state index in [9.17, 15) is 0 Å². The van der Waals surface area contributed by atoms with Crippen LogP contribution in [-0.2, 0) is 6.54 Å². The van der Waals surface area contributed by atoms with E-state index in [0.29, 0.717) is 12.1 Å². The lowest BCUT2D eigenvalue weighted by Gasteiger charge is -2.26. The molecular formula is C14H24N2. The Balaban J connectivity index is 2.37. The van der Waals surface area contributed by atoms with Crippen molar-refractivity contribution in [3.8, 4) is 0 Å². The van der Waals surface area contributed by atoms with E-state index in [4.69, 9.17) is 0 Å². The first-order chi connectivity index (χ1) is 7.59. The fourth-order valence-corrected chi connectivity index (χ4v) is 1.59. The summed E-state index contributed by atoms with van der Waals surface area (Å²) in [4.78, 5) is 2.38. The zero-order chi connectivity index (χ0) is 12.0. The summed E-state index contributed by atoms with van der Waals surface area (Å²) < 4.78 is 0. The van der Waals surface area contributed by atoms with Gasteiger partial charge in [-0.05, 0) is 19.5 Å². The number of benzene rings is 1. The maximum absolute atomic E-state index is 3.47. The average Bonchev–Trinajstić information content (AvgIpc) is 2.27. The van der Waals surface area contributed by atoms with Crippen molar-refractivity contribution in [1.82, 2.24) is 10.2 Å². The van der Waals surface area contributed by atoms with Gasteiger partial charge in [0.05, 0.1) is 0 Å². The van der Waals surface area contributed by atoms with Gasteiger partial charge in [0.1, 0.15) is 0 Å². The molecule has 1 aromatic rings. The second-order valence-corrected chi connectivity index (χ2v) is 4.81. The Bertz CT molecular complexity index is 282. The molecule has 1 unspecified atom stereocenters. The first kappa shape index (κ1) is 13.2. The second-order valence-electron chi connectivity index (χ2n) is 4.81. The van der Waals surface area contributed by atoms with E-state index >= 15 is 0 Å². The number of hydrogen-bond acceptors (Lipinski definition) is 2. The van der Waals surface area contributed by atoms with Crippen molar-refractivity contribution in [2.24, 2.45) is 0 Å². The van der Waals surface area contributed by atoms with Crippen LogP contribution in [0.1, 0.15) is 26.3 Å². The fraction of sp³-hybridized carbons (Fsp3) is 0.571. The van der Waals surface area contributed by atoms with E-state index in [1.807, 2.05) is 0 Å². The quantitative estimate of drug-likeness (QED) is 0.792. The Labute approximate surface area is 99.7 Å². The van der Waals surface area contributed by atoms with Gasteiger partial charge in [0.15, 0.2) is 0 Å². The summed E-state index contributed by atoms with van der Waals surface area (Å²) in [5.41, 5.74) is 1.38. The molecular weight excluding hydrogens is 196 g/mol. The summed E-state index contributed by atoms with van der Waals surface area (Å²) in [5, 5.41) is 3.47. The Morgan fingerprint density at radius 3 is 2.31 bits per heavy atom. The van der Waals surface area contributed by atoms with Crippen LogP contribution < -0.4 is 5.32 Å². The third-order valence-electron chi connectivity index (χ3n) is 2.85. The molecule has 90 valence electrons. The Morgan fingerprint density at radius 1 is 1.12 bits per heavy atom. The summed E-state index contributed by atoms with van der Waals surface area (Å²) in [6.07, 6.45) is 0. The van der Waals surface area contributed by atoms with Gasteiger partial charge < -0.3 is 5.32 Å². The molecule has 1 aromatic carbocycles. The highest BCUT2D eigenvalue weighted by molar-refractivity contribution is 5.14. The van der Waals surface area contributed by atoms with Crippen molar-refractivity contribution in [1.29, 1.82) is 0 Å². The first-order valence-electron chi connectivity index (χ1n) is 6.07. The van der Waals surface area contributed by atoms with Crippen LogP contribution in [0.2, 0.25) is 0 Å². The number of hydrogen-bond donors (Lipinski definition) is 1. The normalized spacial score (nSPS) is 13.4. The molecule has 2 heteroatoms. The van der Waals surface area contributed by atoms with Crippen LogP contribution in [0.15, 0.2) is 30.3 Å². The molecule has 2 nitrogen and oxygen atoms in total. The summed E-state index contributed by atoms with van der Waals surface area (Å²) in [6.45, 7) is 8.69. The minimum atomic E-state index is 0.558. The Hall–Kier alpha value is -0.860. The van der Waals surface area contributed by atoms with Crippen LogP contribution in [0, 0.1) is 0 Å². The largest absolute Gasteiger partial charge is 0.313 e. The van der Waals surface area contributed by atoms with Gasteiger partial charge in [0.2, 0.25) is 0 Å². The van der Waals surface area contributed by atoms with Gasteiger partial charge >= 0.3 is 0 Å². The van der Waals surface area contributed by atoms with Crippen LogP contribution >= 0.6 is 0 Å². The van der Waals surface area contributed by atoms with Gasteiger partial charge in [-0.2, -0.15) is 0 Å². The number of nitrogens with zero attached hydrogens (tertiary/aromatic N) is 1. The molecule has 0 saturated heterocycles. The molecule has 0 radical (unpaired) electrons. The molecule has 0 saturated carbocycles. The van der Waals surface area contributed by atoms with Crippen LogP contribution in [-0.4, -0.2) is 30.6 Å². The van der Waals surface area contributed by atoms with E-state index in [1.165, 1.54) is 5.56 Å². The zero-order valence-corrected chi connectivity index (χ0v) is 10.9. The smallest absolute Gasteiger partial charge is 0.0234 e. The molecule has 0 fully saturated rings. The Morgan fingerprint density at radius 2 is 1.75 bits per heavy atom. The third-order valence-corrected chi connectivity index (χ3v) is 2.85. The first-order valence-corrected chi connectivity index (χ1v) is 6.07. The van der Waals surface area contributed by atoms with Gasteiger partial charge in [-0.15, -0.1) is 0 Å². The molecule has 0 spiro atoms. The molecule has 0 amide bonds. The van der Waals surface area contributed by atoms with Gasteiger partial charge in [0.25, 0.3) is 0 Å². The van der Waals surface area contributed by atoms with E-state index in [0.717, 1.165) is 13.1 Å². The predicted octanol–water partition coefficient (Wildman–Crippen LogP) is 2.50. The highest BCUT2D eigenvalue weighted by Gasteiger charge is 2.09. The van der Waals surface area contributed by atoms with Crippen molar-refractivity contribution in [2.75, 3.05) is 13.6 Å². The number of rotatable bonds is 6. The summed E-state index contributed by atoms with van der Waals surface area (Å²) in [7, 11) is 2.18. The minimum absolute atomic E-state index is 0.558. The van der Waals surface area contributed by atoms with E-state index in [2.05, 4.69) is 68.4 Å². The molecule has 0 heterocycles. The monoisotopic (exact) mass is 220 g/mol. The molecule has 0 aliphatic carbocycles. The van der Waals surface area contributed by atoms with Crippen molar-refractivity contribution in [3.63, 3.8) is 0 Å². The third kappa shape index (κ3) is 4.77. The molecule has 0 bridgehead atoms. The Kier molecular flexibility index (Phi) is 5.50. The van der Waals surface area contributed by atoms with Gasteiger partial charge in [0, 0.05) is 25.2 Å². The maximum Gasteiger partial charge on any atom is 0.0234 e. The van der Waals surface area contributed by atoms with Gasteiger partial charge in [-0.3, -0.25) is 4.90 Å². The summed E-state index contributed by atoms with van der Waals surface area (Å²) in [5.74, 6) is 0. The SMILES string of the molecule is CC(C)NCC(C)N(C)Cc1ccccc1. The molecule has 0 aliphatic rings. The van der Waals surface area contributed by atoms with Crippen LogP contribution in [0.3, 0.4) is 0 Å². The number of nitrogens with one attached hydrogen (secondary N) is 1. The summed E-state index contributed by atoms with van der Waals surface area (Å²) >= 11 is 0. The van der Waals surface area contributed by atoms with Crippen LogP contribution in [0.25, 0.3) is 0 Å². The van der Waals surface area contributed by atoms with Crippen molar-refractivity contribution in [3.05, 3.63) is 35.9 Å². The highest BCUT2D eigenvalue weighted by Crippen LogP contribution is 2.05. The van der Waals surface area contributed by atoms with Crippen LogP contribution in [0.4, 0.5) is 0 Å². The van der Waals surface area contributed by atoms with E-state index in [-0.39, 0.29) is 0 Å². The van der Waals surface area contributed by atoms with Crippen molar-refractivity contribution < 1.29 is 0 Å². The molecule has 1 N–H and O–H groups in total. The van der Waals surface area contributed by atoms with Crippen molar-refractivity contribution >= 4 is 0 Å². The highest BCUT2D eigenvalue weighted by atomic mass is 15.1. The zero-order valence-electron chi connectivity index (χ0n) is 10.9. The van der Waals surface area contributed by atoms with E-state index < -0.39 is 0 Å². The predicted molar refractivity (Wildman–Crippen MR) is 70.5 cm³/mol. The number of likely N-dealkylation sites (N-methyl/N-ethyl adjacent to an activating group) is 1. The molecule has 0 aliphatic heterocycles. The fourth-order valence-electron chi connectivity index (χ4n) is 1.59. The molecule has 16 heavy (non-hydrogen) atoms. The lowest BCUT2D eigenvalue weighted by atomic mass is 10.2. The maximum atomic E-state index is 3.47. The van der Waals surface area contributed by atoms with E-state index in [1.54, 1.807) is 0 Å². The minimum Gasteiger partial charge on any atom is -0.313 e. The lowest BCUT2D eigenvalue weighted by Crippen LogP contribution is -2.39. The van der Waals surface area contributed by atoms with Gasteiger partial charge in [-0.25, -0.2) is 0 Å².